The molecule has 0 unspecified atom stereocenters. The van der Waals surface area contributed by atoms with Gasteiger partial charge in [0.2, 0.25) is 0 Å². The van der Waals surface area contributed by atoms with E-state index >= 15 is 0 Å². The van der Waals surface area contributed by atoms with Crippen molar-refractivity contribution >= 4 is 0 Å². The normalized spacial score (nSPS) is 15.7. The summed E-state index contributed by atoms with van der Waals surface area (Å²) in [6.07, 6.45) is 5.84. The van der Waals surface area contributed by atoms with Crippen LogP contribution >= 0.6 is 0 Å². The summed E-state index contributed by atoms with van der Waals surface area (Å²) in [7, 11) is 0. The third-order valence-corrected chi connectivity index (χ3v) is 3.21. The summed E-state index contributed by atoms with van der Waals surface area (Å²) in [4.78, 5) is 0. The Morgan fingerprint density at radius 2 is 1.80 bits per heavy atom. The second-order valence-corrected chi connectivity index (χ2v) is 5.48. The van der Waals surface area contributed by atoms with Gasteiger partial charge in [-0.2, -0.15) is 17.7 Å². The molecule has 2 rings (SSSR count). The van der Waals surface area contributed by atoms with Crippen molar-refractivity contribution in [1.29, 1.82) is 0 Å². The molecular weight excluding hydrogens is 288 g/mol. The number of rotatable bonds is 2. The fourth-order valence-corrected chi connectivity index (χ4v) is 2.03. The van der Waals surface area contributed by atoms with Crippen LogP contribution in [0.2, 0.25) is 0 Å². The van der Waals surface area contributed by atoms with E-state index in [1.54, 1.807) is 6.92 Å². The number of allylic oxidation sites excluding steroid dienone is 6. The first-order valence-electron chi connectivity index (χ1n) is 6.91. The maximum Gasteiger partial charge on any atom is 2.00 e. The van der Waals surface area contributed by atoms with Gasteiger partial charge in [-0.25, -0.2) is 12.1 Å². The van der Waals surface area contributed by atoms with Crippen LogP contribution in [0.15, 0.2) is 59.4 Å². The fraction of sp³-hybridized carbons (Fsp3) is 0.389. The molecule has 1 aromatic carbocycles. The molecule has 0 aromatic heterocycles. The predicted octanol–water partition coefficient (Wildman–Crippen LogP) is 4.30. The minimum absolute atomic E-state index is 0. The van der Waals surface area contributed by atoms with Crippen LogP contribution in [0.3, 0.4) is 0 Å². The first kappa shape index (κ1) is 18.9. The SMILES string of the molecule is CC(C)c1ccc[cH-]1.CC([O-])=C1C=CC=C1C(C)C.[Fe+2]. The van der Waals surface area contributed by atoms with Gasteiger partial charge in [0.25, 0.3) is 0 Å². The largest absolute Gasteiger partial charge is 2.00 e. The third kappa shape index (κ3) is 5.48. The maximum absolute atomic E-state index is 11.0. The van der Waals surface area contributed by atoms with Crippen LogP contribution in [-0.4, -0.2) is 0 Å². The fourth-order valence-electron chi connectivity index (χ4n) is 2.03. The van der Waals surface area contributed by atoms with Crippen molar-refractivity contribution in [3.63, 3.8) is 0 Å². The van der Waals surface area contributed by atoms with Crippen molar-refractivity contribution in [3.8, 4) is 0 Å². The second-order valence-electron chi connectivity index (χ2n) is 5.48. The Hall–Kier alpha value is -1.11. The molecule has 0 N–H and O–H groups in total. The zero-order chi connectivity index (χ0) is 14.4. The van der Waals surface area contributed by atoms with E-state index in [0.29, 0.717) is 11.8 Å². The summed E-state index contributed by atoms with van der Waals surface area (Å²) in [5, 5.41) is 11.0. The minimum atomic E-state index is 0. The Morgan fingerprint density at radius 1 is 1.15 bits per heavy atom. The van der Waals surface area contributed by atoms with Crippen molar-refractivity contribution in [2.45, 2.75) is 40.5 Å². The molecule has 0 radical (unpaired) electrons. The maximum atomic E-state index is 11.0. The second kappa shape index (κ2) is 8.94. The van der Waals surface area contributed by atoms with Gasteiger partial charge in [-0.3, -0.25) is 0 Å². The Labute approximate surface area is 133 Å². The topological polar surface area (TPSA) is 23.1 Å². The minimum Gasteiger partial charge on any atom is -0.875 e. The molecule has 20 heavy (non-hydrogen) atoms. The van der Waals surface area contributed by atoms with Gasteiger partial charge in [0, 0.05) is 0 Å². The average Bonchev–Trinajstić information content (AvgIpc) is 3.01. The summed E-state index contributed by atoms with van der Waals surface area (Å²) < 4.78 is 0. The monoisotopic (exact) mass is 312 g/mol. The standard InChI is InChI=1S/C10H14O.C8H11.Fe/c1-7(2)9-5-4-6-10(9)8(3)11;1-7(2)8-5-3-4-6-8;/h4-7,11H,1-3H3;3-7H,1-2H3;/q;-1;+2/p-1. The Bertz CT molecular complexity index is 470. The molecule has 0 saturated heterocycles. The first-order chi connectivity index (χ1) is 8.93. The van der Waals surface area contributed by atoms with E-state index in [1.807, 2.05) is 18.2 Å². The molecule has 1 nitrogen and oxygen atoms in total. The first-order valence-corrected chi connectivity index (χ1v) is 6.91. The van der Waals surface area contributed by atoms with Crippen LogP contribution in [0.4, 0.5) is 0 Å². The van der Waals surface area contributed by atoms with Gasteiger partial charge in [0.1, 0.15) is 0 Å². The molecule has 110 valence electrons. The summed E-state index contributed by atoms with van der Waals surface area (Å²) in [6, 6.07) is 8.47. The van der Waals surface area contributed by atoms with Crippen LogP contribution in [0.25, 0.3) is 0 Å². The molecule has 1 aliphatic carbocycles. The average molecular weight is 312 g/mol. The van der Waals surface area contributed by atoms with E-state index in [2.05, 4.69) is 52.0 Å². The summed E-state index contributed by atoms with van der Waals surface area (Å²) in [6.45, 7) is 10.2. The van der Waals surface area contributed by atoms with Gasteiger partial charge in [0.05, 0.1) is 0 Å². The number of hydrogen-bond acceptors (Lipinski definition) is 1. The Balaban J connectivity index is 0.000000359. The summed E-state index contributed by atoms with van der Waals surface area (Å²) in [5.74, 6) is 1.30. The van der Waals surface area contributed by atoms with Crippen LogP contribution in [0.1, 0.15) is 46.1 Å². The molecular formula is C18H24FeO. The molecule has 2 heteroatoms. The quantitative estimate of drug-likeness (QED) is 0.453. The van der Waals surface area contributed by atoms with E-state index < -0.39 is 0 Å². The molecule has 0 amide bonds. The van der Waals surface area contributed by atoms with Gasteiger partial charge in [-0.05, 0) is 23.0 Å². The van der Waals surface area contributed by atoms with Crippen LogP contribution in [0, 0.1) is 5.92 Å². The molecule has 0 atom stereocenters. The van der Waals surface area contributed by atoms with Gasteiger partial charge in [0.15, 0.2) is 0 Å². The molecule has 1 aliphatic rings. The molecule has 0 heterocycles. The van der Waals surface area contributed by atoms with E-state index in [-0.39, 0.29) is 22.8 Å². The van der Waals surface area contributed by atoms with Crippen molar-refractivity contribution in [2.75, 3.05) is 0 Å². The van der Waals surface area contributed by atoms with Crippen molar-refractivity contribution in [3.05, 3.63) is 65.0 Å². The van der Waals surface area contributed by atoms with Gasteiger partial charge in [-0.15, -0.1) is 5.76 Å². The van der Waals surface area contributed by atoms with Crippen LogP contribution in [-0.2, 0) is 17.1 Å². The van der Waals surface area contributed by atoms with Gasteiger partial charge >= 0.3 is 17.1 Å². The van der Waals surface area contributed by atoms with Gasteiger partial charge < -0.3 is 5.11 Å². The zero-order valence-corrected chi connectivity index (χ0v) is 14.1. The molecule has 0 saturated carbocycles. The third-order valence-electron chi connectivity index (χ3n) is 3.21. The summed E-state index contributed by atoms with van der Waals surface area (Å²) >= 11 is 0. The molecule has 0 aliphatic heterocycles. The molecule has 0 bridgehead atoms. The number of hydrogen-bond donors (Lipinski definition) is 0. The van der Waals surface area contributed by atoms with Crippen molar-refractivity contribution in [2.24, 2.45) is 5.92 Å². The van der Waals surface area contributed by atoms with Crippen LogP contribution in [0.5, 0.6) is 0 Å². The Morgan fingerprint density at radius 3 is 2.10 bits per heavy atom. The smallest absolute Gasteiger partial charge is 0.875 e. The summed E-state index contributed by atoms with van der Waals surface area (Å²) in [5.41, 5.74) is 3.47. The van der Waals surface area contributed by atoms with Crippen molar-refractivity contribution in [1.82, 2.24) is 0 Å². The molecule has 1 aromatic rings. The van der Waals surface area contributed by atoms with E-state index in [1.165, 1.54) is 5.56 Å². The molecule has 0 spiro atoms. The zero-order valence-electron chi connectivity index (χ0n) is 13.0. The van der Waals surface area contributed by atoms with Crippen molar-refractivity contribution < 1.29 is 22.2 Å². The molecule has 0 fully saturated rings. The Kier molecular flexibility index (Phi) is 8.45. The van der Waals surface area contributed by atoms with Crippen LogP contribution < -0.4 is 5.11 Å². The van der Waals surface area contributed by atoms with E-state index in [9.17, 15) is 5.11 Å². The van der Waals surface area contributed by atoms with Gasteiger partial charge in [-0.1, -0.05) is 52.8 Å². The van der Waals surface area contributed by atoms with E-state index in [0.717, 1.165) is 11.1 Å². The van der Waals surface area contributed by atoms with E-state index in [4.69, 9.17) is 0 Å². The predicted molar refractivity (Wildman–Crippen MR) is 80.9 cm³/mol.